The second-order valence-electron chi connectivity index (χ2n) is 6.59. The molecule has 5 nitrogen and oxygen atoms in total. The fourth-order valence-corrected chi connectivity index (χ4v) is 3.40. The number of hydrogen-bond acceptors (Lipinski definition) is 5. The number of carbonyl (C=O) groups excluding carboxylic acids is 2. The van der Waals surface area contributed by atoms with Gasteiger partial charge in [-0.25, -0.2) is 0 Å². The summed E-state index contributed by atoms with van der Waals surface area (Å²) in [6, 6.07) is 7.57. The highest BCUT2D eigenvalue weighted by atomic mass is 16.3. The monoisotopic (exact) mass is 347 g/mol. The number of allylic oxidation sites excluding steroid dienone is 2. The number of aromatic hydroxyl groups is 2. The maximum absolute atomic E-state index is 12.8. The zero-order chi connectivity index (χ0) is 18.4. The quantitative estimate of drug-likeness (QED) is 0.745. The smallest absolute Gasteiger partial charge is 0.201 e. The third-order valence-electron chi connectivity index (χ3n) is 4.74. The van der Waals surface area contributed by atoms with Gasteiger partial charge >= 0.3 is 0 Å². The molecule has 26 heavy (non-hydrogen) atoms. The van der Waals surface area contributed by atoms with Gasteiger partial charge in [-0.2, -0.15) is 0 Å². The van der Waals surface area contributed by atoms with Gasteiger partial charge < -0.3 is 15.1 Å². The summed E-state index contributed by atoms with van der Waals surface area (Å²) in [6.07, 6.45) is 6.05. The van der Waals surface area contributed by atoms with Crippen molar-refractivity contribution in [2.75, 3.05) is 6.54 Å². The Hall–Kier alpha value is -3.34. The van der Waals surface area contributed by atoms with Gasteiger partial charge in [-0.3, -0.25) is 9.59 Å². The first-order valence-corrected chi connectivity index (χ1v) is 8.32. The molecule has 5 heteroatoms. The number of ketones is 2. The molecule has 0 atom stereocenters. The molecule has 0 unspecified atom stereocenters. The number of carbonyl (C=O) groups is 2. The zero-order valence-corrected chi connectivity index (χ0v) is 14.2. The summed E-state index contributed by atoms with van der Waals surface area (Å²) in [5.74, 6) is -1.39. The summed E-state index contributed by atoms with van der Waals surface area (Å²) in [6.45, 7) is 3.27. The molecule has 0 fully saturated rings. The third-order valence-corrected chi connectivity index (χ3v) is 4.74. The molecule has 2 aliphatic rings. The molecule has 1 heterocycles. The van der Waals surface area contributed by atoms with E-state index in [1.54, 1.807) is 6.07 Å². The van der Waals surface area contributed by atoms with Crippen LogP contribution < -0.4 is 0 Å². The molecule has 0 spiro atoms. The summed E-state index contributed by atoms with van der Waals surface area (Å²) < 4.78 is 0. The van der Waals surface area contributed by atoms with Crippen LogP contribution in [0.4, 0.5) is 0 Å². The number of hydrogen-bond donors (Lipinski definition) is 2. The summed E-state index contributed by atoms with van der Waals surface area (Å²) in [7, 11) is 0. The summed E-state index contributed by atoms with van der Waals surface area (Å²) >= 11 is 0. The van der Waals surface area contributed by atoms with Crippen molar-refractivity contribution in [2.45, 2.75) is 13.5 Å². The van der Waals surface area contributed by atoms with Crippen molar-refractivity contribution in [1.29, 1.82) is 0 Å². The maximum Gasteiger partial charge on any atom is 0.201 e. The van der Waals surface area contributed by atoms with Crippen LogP contribution in [0.2, 0.25) is 0 Å². The highest BCUT2D eigenvalue weighted by Crippen LogP contribution is 2.37. The Labute approximate surface area is 150 Å². The lowest BCUT2D eigenvalue weighted by Gasteiger charge is -2.24. The van der Waals surface area contributed by atoms with Gasteiger partial charge in [0.15, 0.2) is 5.78 Å². The lowest BCUT2D eigenvalue weighted by molar-refractivity contribution is 0.0974. The minimum absolute atomic E-state index is 0.0438. The van der Waals surface area contributed by atoms with Crippen LogP contribution in [-0.2, 0) is 6.54 Å². The number of phenols is 2. The van der Waals surface area contributed by atoms with Crippen molar-refractivity contribution < 1.29 is 19.8 Å². The Morgan fingerprint density at radius 3 is 2.50 bits per heavy atom. The van der Waals surface area contributed by atoms with Gasteiger partial charge in [0, 0.05) is 24.2 Å². The second kappa shape index (κ2) is 5.88. The summed E-state index contributed by atoms with van der Waals surface area (Å²) in [4.78, 5) is 27.6. The topological polar surface area (TPSA) is 77.8 Å². The average Bonchev–Trinajstić information content (AvgIpc) is 2.61. The predicted molar refractivity (Wildman–Crippen MR) is 96.4 cm³/mol. The van der Waals surface area contributed by atoms with E-state index in [1.807, 2.05) is 24.1 Å². The van der Waals surface area contributed by atoms with Gasteiger partial charge in [-0.05, 0) is 43.0 Å². The Kier molecular flexibility index (Phi) is 3.65. The van der Waals surface area contributed by atoms with Crippen molar-refractivity contribution in [3.8, 4) is 11.5 Å². The van der Waals surface area contributed by atoms with Crippen LogP contribution in [0.3, 0.4) is 0 Å². The summed E-state index contributed by atoms with van der Waals surface area (Å²) in [5.41, 5.74) is 2.17. The van der Waals surface area contributed by atoms with E-state index in [1.165, 1.54) is 29.8 Å². The van der Waals surface area contributed by atoms with Crippen LogP contribution >= 0.6 is 0 Å². The van der Waals surface area contributed by atoms with Gasteiger partial charge in [-0.1, -0.05) is 23.8 Å². The normalized spacial score (nSPS) is 15.6. The molecule has 2 aromatic carbocycles. The van der Waals surface area contributed by atoms with Crippen LogP contribution in [0.5, 0.6) is 11.5 Å². The molecule has 2 N–H and O–H groups in total. The highest BCUT2D eigenvalue weighted by Gasteiger charge is 2.34. The van der Waals surface area contributed by atoms with E-state index in [4.69, 9.17) is 0 Å². The standard InChI is InChI=1S/C21H17NO4/c1-12-5-7-22(8-6-12)11-13-9-15-19(17(24)10-13)21(26)18-14(20(15)25)3-2-4-16(18)23/h2-7,9-10,23-24H,8,11H2,1H3. The Morgan fingerprint density at radius 2 is 1.77 bits per heavy atom. The number of rotatable bonds is 2. The van der Waals surface area contributed by atoms with Gasteiger partial charge in [0.25, 0.3) is 0 Å². The Balaban J connectivity index is 1.75. The molecule has 4 rings (SSSR count). The van der Waals surface area contributed by atoms with Crippen LogP contribution in [0.25, 0.3) is 0 Å². The average molecular weight is 347 g/mol. The molecule has 0 radical (unpaired) electrons. The molecule has 0 saturated carbocycles. The minimum Gasteiger partial charge on any atom is -0.507 e. The molecule has 130 valence electrons. The van der Waals surface area contributed by atoms with Crippen LogP contribution in [-0.4, -0.2) is 33.2 Å². The Bertz CT molecular complexity index is 1020. The molecule has 2 aromatic rings. The van der Waals surface area contributed by atoms with E-state index in [0.29, 0.717) is 6.54 Å². The number of nitrogens with zero attached hydrogens (tertiary/aromatic N) is 1. The third kappa shape index (κ3) is 2.49. The fraction of sp³-hybridized carbons (Fsp3) is 0.143. The van der Waals surface area contributed by atoms with Gasteiger partial charge in [0.2, 0.25) is 5.78 Å². The van der Waals surface area contributed by atoms with Crippen molar-refractivity contribution in [1.82, 2.24) is 4.90 Å². The van der Waals surface area contributed by atoms with E-state index in [9.17, 15) is 19.8 Å². The number of phenolic OH excluding ortho intramolecular Hbond substituents is 2. The second-order valence-corrected chi connectivity index (χ2v) is 6.59. The van der Waals surface area contributed by atoms with Crippen LogP contribution in [0.15, 0.2) is 54.3 Å². The lowest BCUT2D eigenvalue weighted by atomic mass is 9.82. The first kappa shape index (κ1) is 16.1. The van der Waals surface area contributed by atoms with Crippen molar-refractivity contribution in [3.05, 3.63) is 82.1 Å². The molecule has 0 bridgehead atoms. The lowest BCUT2D eigenvalue weighted by Crippen LogP contribution is -2.23. The number of fused-ring (bicyclic) bond motifs is 2. The molecule has 0 aromatic heterocycles. The molecule has 0 saturated heterocycles. The van der Waals surface area contributed by atoms with Crippen molar-refractivity contribution >= 4 is 11.6 Å². The first-order chi connectivity index (χ1) is 12.5. The van der Waals surface area contributed by atoms with Crippen LogP contribution in [0, 0.1) is 0 Å². The van der Waals surface area contributed by atoms with Gasteiger partial charge in [0.1, 0.15) is 11.5 Å². The first-order valence-electron chi connectivity index (χ1n) is 8.32. The predicted octanol–water partition coefficient (Wildman–Crippen LogP) is 3.15. The summed E-state index contributed by atoms with van der Waals surface area (Å²) in [5, 5.41) is 20.4. The zero-order valence-electron chi connectivity index (χ0n) is 14.2. The highest BCUT2D eigenvalue weighted by molar-refractivity contribution is 6.30. The van der Waals surface area contributed by atoms with E-state index >= 15 is 0 Å². The van der Waals surface area contributed by atoms with Gasteiger partial charge in [-0.15, -0.1) is 0 Å². The van der Waals surface area contributed by atoms with E-state index in [2.05, 4.69) is 6.08 Å². The molecular weight excluding hydrogens is 330 g/mol. The number of benzene rings is 2. The molecule has 0 amide bonds. The van der Waals surface area contributed by atoms with E-state index in [0.717, 1.165) is 12.1 Å². The van der Waals surface area contributed by atoms with E-state index < -0.39 is 5.78 Å². The molecule has 1 aliphatic heterocycles. The maximum atomic E-state index is 12.8. The van der Waals surface area contributed by atoms with Crippen molar-refractivity contribution in [3.63, 3.8) is 0 Å². The SMILES string of the molecule is CC1=CCN(Cc2cc(O)c3c(c2)C(=O)c2cccc(O)c2C3=O)C=C1. The molecule has 1 aliphatic carbocycles. The van der Waals surface area contributed by atoms with E-state index in [-0.39, 0.29) is 39.5 Å². The van der Waals surface area contributed by atoms with Crippen LogP contribution in [0.1, 0.15) is 44.3 Å². The fourth-order valence-electron chi connectivity index (χ4n) is 3.40. The van der Waals surface area contributed by atoms with Gasteiger partial charge in [0.05, 0.1) is 11.1 Å². The largest absolute Gasteiger partial charge is 0.507 e. The minimum atomic E-state index is -0.534. The van der Waals surface area contributed by atoms with Crippen molar-refractivity contribution in [2.24, 2.45) is 0 Å². The molecular formula is C21H17NO4. The Morgan fingerprint density at radius 1 is 1.00 bits per heavy atom.